The Morgan fingerprint density at radius 3 is 2.50 bits per heavy atom. The average molecular weight is 300 g/mol. The fourth-order valence-electron chi connectivity index (χ4n) is 2.70. The van der Waals surface area contributed by atoms with Gasteiger partial charge in [-0.3, -0.25) is 0 Å². The fraction of sp³-hybridized carbons (Fsp3) is 0.571. The van der Waals surface area contributed by atoms with Crippen LogP contribution in [0.15, 0.2) is 23.1 Å². The molecule has 0 atom stereocenters. The molecule has 0 aromatic heterocycles. The Hall–Kier alpha value is -0.980. The van der Waals surface area contributed by atoms with Crippen LogP contribution in [-0.2, 0) is 16.6 Å². The molecule has 1 aromatic carbocycles. The van der Waals surface area contributed by atoms with Crippen molar-refractivity contribution in [1.29, 1.82) is 0 Å². The highest BCUT2D eigenvalue weighted by Gasteiger charge is 2.33. The van der Waals surface area contributed by atoms with Gasteiger partial charge in [-0.25, -0.2) is 17.5 Å². The SMILES string of the molecule is CC1(NS(=O)(=O)c2ccc(CN)cc2F)CCCCC1. The summed E-state index contributed by atoms with van der Waals surface area (Å²) < 4.78 is 41.3. The van der Waals surface area contributed by atoms with Gasteiger partial charge >= 0.3 is 0 Å². The maximum absolute atomic E-state index is 13.9. The summed E-state index contributed by atoms with van der Waals surface area (Å²) in [5.41, 5.74) is 5.51. The Morgan fingerprint density at radius 1 is 1.30 bits per heavy atom. The monoisotopic (exact) mass is 300 g/mol. The highest BCUT2D eigenvalue weighted by atomic mass is 32.2. The van der Waals surface area contributed by atoms with Crippen molar-refractivity contribution in [3.05, 3.63) is 29.6 Å². The van der Waals surface area contributed by atoms with Gasteiger partial charge in [-0.1, -0.05) is 25.3 Å². The molecule has 1 aromatic rings. The number of hydrogen-bond acceptors (Lipinski definition) is 3. The Kier molecular flexibility index (Phi) is 4.46. The molecule has 0 bridgehead atoms. The normalized spacial score (nSPS) is 18.9. The van der Waals surface area contributed by atoms with Crippen LogP contribution in [0.2, 0.25) is 0 Å². The van der Waals surface area contributed by atoms with Gasteiger partial charge in [0.05, 0.1) is 0 Å². The number of hydrogen-bond donors (Lipinski definition) is 2. The Bertz CT molecular complexity index is 581. The fourth-order valence-corrected chi connectivity index (χ4v) is 4.23. The van der Waals surface area contributed by atoms with E-state index in [1.165, 1.54) is 12.1 Å². The third-order valence-corrected chi connectivity index (χ3v) is 5.53. The first kappa shape index (κ1) is 15.4. The van der Waals surface area contributed by atoms with Crippen molar-refractivity contribution in [2.24, 2.45) is 5.73 Å². The molecule has 3 N–H and O–H groups in total. The first-order valence-corrected chi connectivity index (χ1v) is 8.37. The van der Waals surface area contributed by atoms with E-state index in [0.29, 0.717) is 5.56 Å². The van der Waals surface area contributed by atoms with Crippen LogP contribution in [0.1, 0.15) is 44.6 Å². The number of nitrogens with two attached hydrogens (primary N) is 1. The van der Waals surface area contributed by atoms with Gasteiger partial charge in [0.25, 0.3) is 0 Å². The summed E-state index contributed by atoms with van der Waals surface area (Å²) in [6, 6.07) is 4.00. The minimum Gasteiger partial charge on any atom is -0.326 e. The Labute approximate surface area is 119 Å². The first-order chi connectivity index (χ1) is 9.36. The third-order valence-electron chi connectivity index (χ3n) is 3.86. The lowest BCUT2D eigenvalue weighted by atomic mass is 9.84. The Morgan fingerprint density at radius 2 is 1.95 bits per heavy atom. The van der Waals surface area contributed by atoms with Gasteiger partial charge in [-0.2, -0.15) is 0 Å². The molecule has 1 fully saturated rings. The van der Waals surface area contributed by atoms with Crippen LogP contribution < -0.4 is 10.5 Å². The molecule has 1 aliphatic carbocycles. The number of benzene rings is 1. The maximum Gasteiger partial charge on any atom is 0.243 e. The highest BCUT2D eigenvalue weighted by Crippen LogP contribution is 2.29. The smallest absolute Gasteiger partial charge is 0.243 e. The number of sulfonamides is 1. The standard InChI is InChI=1S/C14H21FN2O2S/c1-14(7-3-2-4-8-14)17-20(18,19)13-6-5-11(10-16)9-12(13)15/h5-6,9,17H,2-4,7-8,10,16H2,1H3. The zero-order valence-corrected chi connectivity index (χ0v) is 12.5. The lowest BCUT2D eigenvalue weighted by molar-refractivity contribution is 0.293. The second-order valence-corrected chi connectivity index (χ2v) is 7.35. The van der Waals surface area contributed by atoms with Gasteiger partial charge in [0, 0.05) is 12.1 Å². The van der Waals surface area contributed by atoms with Crippen LogP contribution in [0, 0.1) is 5.82 Å². The topological polar surface area (TPSA) is 72.2 Å². The zero-order valence-electron chi connectivity index (χ0n) is 11.7. The molecule has 0 radical (unpaired) electrons. The van der Waals surface area contributed by atoms with E-state index in [1.54, 1.807) is 6.07 Å². The molecule has 1 saturated carbocycles. The molecule has 0 heterocycles. The van der Waals surface area contributed by atoms with E-state index in [9.17, 15) is 12.8 Å². The molecule has 1 aliphatic rings. The molecule has 112 valence electrons. The van der Waals surface area contributed by atoms with E-state index >= 15 is 0 Å². The molecule has 0 aliphatic heterocycles. The van der Waals surface area contributed by atoms with E-state index in [2.05, 4.69) is 4.72 Å². The molecule has 0 unspecified atom stereocenters. The van der Waals surface area contributed by atoms with Crippen LogP contribution in [0.25, 0.3) is 0 Å². The number of rotatable bonds is 4. The molecule has 2 rings (SSSR count). The van der Waals surface area contributed by atoms with Gasteiger partial charge in [0.1, 0.15) is 10.7 Å². The van der Waals surface area contributed by atoms with Crippen LogP contribution in [0.5, 0.6) is 0 Å². The van der Waals surface area contributed by atoms with Crippen molar-refractivity contribution in [2.45, 2.75) is 56.0 Å². The minimum atomic E-state index is -3.84. The van der Waals surface area contributed by atoms with Crippen LogP contribution in [0.3, 0.4) is 0 Å². The van der Waals surface area contributed by atoms with Gasteiger partial charge < -0.3 is 5.73 Å². The first-order valence-electron chi connectivity index (χ1n) is 6.89. The van der Waals surface area contributed by atoms with Crippen molar-refractivity contribution >= 4 is 10.0 Å². The number of halogens is 1. The van der Waals surface area contributed by atoms with E-state index in [-0.39, 0.29) is 11.4 Å². The minimum absolute atomic E-state index is 0.183. The summed E-state index contributed by atoms with van der Waals surface area (Å²) in [5.74, 6) is -0.750. The second-order valence-electron chi connectivity index (χ2n) is 5.70. The van der Waals surface area contributed by atoms with Crippen LogP contribution in [-0.4, -0.2) is 14.0 Å². The second kappa shape index (κ2) is 5.79. The summed E-state index contributed by atoms with van der Waals surface area (Å²) >= 11 is 0. The predicted molar refractivity (Wildman–Crippen MR) is 76.1 cm³/mol. The van der Waals surface area contributed by atoms with E-state index in [1.807, 2.05) is 6.92 Å². The zero-order chi connectivity index (χ0) is 14.8. The van der Waals surface area contributed by atoms with E-state index in [4.69, 9.17) is 5.73 Å². The highest BCUT2D eigenvalue weighted by molar-refractivity contribution is 7.89. The lowest BCUT2D eigenvalue weighted by Gasteiger charge is -2.34. The molecule has 0 saturated heterocycles. The van der Waals surface area contributed by atoms with Gasteiger partial charge in [-0.05, 0) is 37.5 Å². The van der Waals surface area contributed by atoms with Crippen molar-refractivity contribution in [3.63, 3.8) is 0 Å². The quantitative estimate of drug-likeness (QED) is 0.896. The van der Waals surface area contributed by atoms with Crippen LogP contribution in [0.4, 0.5) is 4.39 Å². The van der Waals surface area contributed by atoms with Crippen LogP contribution >= 0.6 is 0 Å². The molecule has 6 heteroatoms. The molecule has 0 spiro atoms. The third kappa shape index (κ3) is 3.37. The average Bonchev–Trinajstić information content (AvgIpc) is 2.37. The van der Waals surface area contributed by atoms with Gasteiger partial charge in [-0.15, -0.1) is 0 Å². The Balaban J connectivity index is 2.26. The van der Waals surface area contributed by atoms with Crippen molar-refractivity contribution in [2.75, 3.05) is 0 Å². The van der Waals surface area contributed by atoms with Crippen molar-refractivity contribution < 1.29 is 12.8 Å². The number of nitrogens with one attached hydrogen (secondary N) is 1. The summed E-state index contributed by atoms with van der Waals surface area (Å²) in [4.78, 5) is -0.304. The summed E-state index contributed by atoms with van der Waals surface area (Å²) in [5, 5.41) is 0. The van der Waals surface area contributed by atoms with Gasteiger partial charge in [0.2, 0.25) is 10.0 Å². The summed E-state index contributed by atoms with van der Waals surface area (Å²) in [6.45, 7) is 2.07. The molecule has 4 nitrogen and oxygen atoms in total. The molecule has 20 heavy (non-hydrogen) atoms. The maximum atomic E-state index is 13.9. The predicted octanol–water partition coefficient (Wildman–Crippen LogP) is 2.29. The van der Waals surface area contributed by atoms with E-state index < -0.39 is 21.4 Å². The molecular formula is C14H21FN2O2S. The summed E-state index contributed by atoms with van der Waals surface area (Å²) in [7, 11) is -3.84. The van der Waals surface area contributed by atoms with Crippen molar-refractivity contribution in [1.82, 2.24) is 4.72 Å². The van der Waals surface area contributed by atoms with Crippen molar-refractivity contribution in [3.8, 4) is 0 Å². The molecular weight excluding hydrogens is 279 g/mol. The molecule has 0 amide bonds. The largest absolute Gasteiger partial charge is 0.326 e. The van der Waals surface area contributed by atoms with E-state index in [0.717, 1.165) is 32.1 Å². The van der Waals surface area contributed by atoms with Gasteiger partial charge in [0.15, 0.2) is 0 Å². The summed E-state index contributed by atoms with van der Waals surface area (Å²) in [6.07, 6.45) is 4.68. The lowest BCUT2D eigenvalue weighted by Crippen LogP contribution is -2.47.